The van der Waals surface area contributed by atoms with Gasteiger partial charge in [-0.15, -0.1) is 0 Å². The predicted molar refractivity (Wildman–Crippen MR) is 71.3 cm³/mol. The van der Waals surface area contributed by atoms with E-state index in [1.165, 1.54) is 0 Å². The summed E-state index contributed by atoms with van der Waals surface area (Å²) in [5.41, 5.74) is -0.843. The fourth-order valence-corrected chi connectivity index (χ4v) is 2.11. The van der Waals surface area contributed by atoms with Gasteiger partial charge in [0.2, 0.25) is 0 Å². The lowest BCUT2D eigenvalue weighted by Gasteiger charge is -2.35. The van der Waals surface area contributed by atoms with E-state index in [0.29, 0.717) is 12.3 Å². The van der Waals surface area contributed by atoms with Crippen LogP contribution in [-0.2, 0) is 4.79 Å². The van der Waals surface area contributed by atoms with Crippen LogP contribution in [0.4, 0.5) is 0 Å². The molecule has 4 heteroatoms. The molecule has 0 aromatic carbocycles. The van der Waals surface area contributed by atoms with Crippen molar-refractivity contribution >= 4 is 5.97 Å². The van der Waals surface area contributed by atoms with E-state index < -0.39 is 11.5 Å². The Labute approximate surface area is 105 Å². The fraction of sp³-hybridized carbons (Fsp3) is 0.923. The first-order valence-corrected chi connectivity index (χ1v) is 6.43. The molecule has 0 fully saturated rings. The number of aliphatic carboxylic acids is 1. The Bertz CT molecular complexity index is 244. The number of nitrogens with one attached hydrogen (secondary N) is 1. The third kappa shape index (κ3) is 5.04. The average Bonchev–Trinajstić information content (AvgIpc) is 2.24. The number of nitrogens with zero attached hydrogens (tertiary/aromatic N) is 1. The first-order valence-electron chi connectivity index (χ1n) is 6.43. The topological polar surface area (TPSA) is 52.6 Å². The van der Waals surface area contributed by atoms with Crippen molar-refractivity contribution in [1.29, 1.82) is 0 Å². The van der Waals surface area contributed by atoms with E-state index in [9.17, 15) is 9.90 Å². The second-order valence-electron chi connectivity index (χ2n) is 5.42. The van der Waals surface area contributed by atoms with Crippen molar-refractivity contribution in [3.63, 3.8) is 0 Å². The second-order valence-corrected chi connectivity index (χ2v) is 5.42. The van der Waals surface area contributed by atoms with Crippen molar-refractivity contribution in [2.24, 2.45) is 5.92 Å². The number of hydrogen-bond donors (Lipinski definition) is 2. The van der Waals surface area contributed by atoms with Gasteiger partial charge in [0.05, 0.1) is 0 Å². The minimum absolute atomic E-state index is 0.260. The molecule has 0 rings (SSSR count). The largest absolute Gasteiger partial charge is 0.480 e. The first-order chi connectivity index (χ1) is 7.76. The number of rotatable bonds is 8. The highest BCUT2D eigenvalue weighted by molar-refractivity contribution is 5.78. The minimum atomic E-state index is -0.843. The third-order valence-corrected chi connectivity index (χ3v) is 3.36. The van der Waals surface area contributed by atoms with Crippen LogP contribution in [0.15, 0.2) is 0 Å². The molecule has 0 heterocycles. The molecule has 17 heavy (non-hydrogen) atoms. The van der Waals surface area contributed by atoms with Crippen LogP contribution in [0.1, 0.15) is 41.0 Å². The van der Waals surface area contributed by atoms with E-state index in [0.717, 1.165) is 13.1 Å². The highest BCUT2D eigenvalue weighted by atomic mass is 16.4. The van der Waals surface area contributed by atoms with Gasteiger partial charge in [0.25, 0.3) is 0 Å². The van der Waals surface area contributed by atoms with Crippen molar-refractivity contribution in [3.05, 3.63) is 0 Å². The van der Waals surface area contributed by atoms with E-state index in [1.54, 1.807) is 14.0 Å². The zero-order valence-corrected chi connectivity index (χ0v) is 12.1. The Morgan fingerprint density at radius 1 is 1.41 bits per heavy atom. The summed E-state index contributed by atoms with van der Waals surface area (Å²) in [6.45, 7) is 12.3. The summed E-state index contributed by atoms with van der Waals surface area (Å²) in [5, 5.41) is 12.2. The lowest BCUT2D eigenvalue weighted by molar-refractivity contribution is -0.144. The van der Waals surface area contributed by atoms with E-state index in [1.807, 2.05) is 0 Å². The summed E-state index contributed by atoms with van der Waals surface area (Å²) in [6.07, 6.45) is 0.611. The Kier molecular flexibility index (Phi) is 6.72. The summed E-state index contributed by atoms with van der Waals surface area (Å²) < 4.78 is 0. The average molecular weight is 244 g/mol. The normalized spacial score (nSPS) is 17.2. The molecule has 0 aliphatic heterocycles. The van der Waals surface area contributed by atoms with Gasteiger partial charge in [-0.1, -0.05) is 20.8 Å². The Balaban J connectivity index is 4.58. The molecule has 0 radical (unpaired) electrons. The van der Waals surface area contributed by atoms with E-state index in [-0.39, 0.29) is 6.04 Å². The zero-order valence-electron chi connectivity index (χ0n) is 12.1. The van der Waals surface area contributed by atoms with Crippen LogP contribution < -0.4 is 5.32 Å². The maximum absolute atomic E-state index is 11.2. The maximum Gasteiger partial charge on any atom is 0.323 e. The molecule has 0 aliphatic rings. The quantitative estimate of drug-likeness (QED) is 0.683. The van der Waals surface area contributed by atoms with E-state index in [4.69, 9.17) is 0 Å². The SMILES string of the molecule is CCN(CC(C)C)C(C)CC(C)(NC)C(=O)O. The van der Waals surface area contributed by atoms with Gasteiger partial charge < -0.3 is 15.3 Å². The zero-order chi connectivity index (χ0) is 13.6. The molecule has 102 valence electrons. The molecular formula is C13H28N2O2. The number of carbonyl (C=O) groups is 1. The molecule has 0 aromatic heterocycles. The molecule has 4 nitrogen and oxygen atoms in total. The van der Waals surface area contributed by atoms with Gasteiger partial charge in [-0.2, -0.15) is 0 Å². The van der Waals surface area contributed by atoms with Crippen LogP contribution >= 0.6 is 0 Å². The van der Waals surface area contributed by atoms with Crippen molar-refractivity contribution in [2.75, 3.05) is 20.1 Å². The number of carboxylic acids is 1. The highest BCUT2D eigenvalue weighted by Gasteiger charge is 2.34. The van der Waals surface area contributed by atoms with E-state index >= 15 is 0 Å². The molecule has 2 N–H and O–H groups in total. The predicted octanol–water partition coefficient (Wildman–Crippen LogP) is 1.81. The molecule has 0 bridgehead atoms. The summed E-state index contributed by atoms with van der Waals surface area (Å²) >= 11 is 0. The minimum Gasteiger partial charge on any atom is -0.480 e. The molecule has 2 unspecified atom stereocenters. The van der Waals surface area contributed by atoms with Gasteiger partial charge in [0, 0.05) is 12.6 Å². The van der Waals surface area contributed by atoms with Crippen LogP contribution in [0.25, 0.3) is 0 Å². The monoisotopic (exact) mass is 244 g/mol. The molecule has 0 saturated carbocycles. The standard InChI is InChI=1S/C13H28N2O2/c1-7-15(9-10(2)3)11(4)8-13(5,14-6)12(16)17/h10-11,14H,7-9H2,1-6H3,(H,16,17). The fourth-order valence-electron chi connectivity index (χ4n) is 2.11. The van der Waals surface area contributed by atoms with Crippen LogP contribution in [0.2, 0.25) is 0 Å². The van der Waals surface area contributed by atoms with Crippen molar-refractivity contribution in [3.8, 4) is 0 Å². The maximum atomic E-state index is 11.2. The Morgan fingerprint density at radius 3 is 2.24 bits per heavy atom. The molecule has 0 spiro atoms. The molecular weight excluding hydrogens is 216 g/mol. The Hall–Kier alpha value is -0.610. The van der Waals surface area contributed by atoms with Crippen molar-refractivity contribution < 1.29 is 9.90 Å². The lowest BCUT2D eigenvalue weighted by Crippen LogP contribution is -2.52. The summed E-state index contributed by atoms with van der Waals surface area (Å²) in [6, 6.07) is 0.260. The van der Waals surface area contributed by atoms with Crippen molar-refractivity contribution in [1.82, 2.24) is 10.2 Å². The number of hydrogen-bond acceptors (Lipinski definition) is 3. The summed E-state index contributed by atoms with van der Waals surface area (Å²) in [7, 11) is 1.71. The molecule has 0 saturated heterocycles. The van der Waals surface area contributed by atoms with Crippen LogP contribution in [0.5, 0.6) is 0 Å². The number of likely N-dealkylation sites (N-methyl/N-ethyl adjacent to an activating group) is 1. The number of carboxylic acid groups (broad SMARTS) is 1. The van der Waals surface area contributed by atoms with Gasteiger partial charge >= 0.3 is 5.97 Å². The molecule has 0 amide bonds. The lowest BCUT2D eigenvalue weighted by atomic mass is 9.93. The smallest absolute Gasteiger partial charge is 0.323 e. The van der Waals surface area contributed by atoms with Crippen LogP contribution in [-0.4, -0.2) is 47.7 Å². The van der Waals surface area contributed by atoms with Gasteiger partial charge in [-0.05, 0) is 39.8 Å². The molecule has 2 atom stereocenters. The van der Waals surface area contributed by atoms with Crippen molar-refractivity contribution in [2.45, 2.75) is 52.6 Å². The first kappa shape index (κ1) is 16.4. The van der Waals surface area contributed by atoms with Gasteiger partial charge in [0.1, 0.15) is 5.54 Å². The Morgan fingerprint density at radius 2 is 1.94 bits per heavy atom. The highest BCUT2D eigenvalue weighted by Crippen LogP contribution is 2.17. The van der Waals surface area contributed by atoms with Gasteiger partial charge in [-0.25, -0.2) is 0 Å². The second kappa shape index (κ2) is 6.97. The third-order valence-electron chi connectivity index (χ3n) is 3.36. The van der Waals surface area contributed by atoms with Gasteiger partial charge in [0.15, 0.2) is 0 Å². The molecule has 0 aliphatic carbocycles. The van der Waals surface area contributed by atoms with Crippen LogP contribution in [0, 0.1) is 5.92 Å². The van der Waals surface area contributed by atoms with Crippen LogP contribution in [0.3, 0.4) is 0 Å². The summed E-state index contributed by atoms with van der Waals surface area (Å²) in [5.74, 6) is -0.185. The molecule has 0 aromatic rings. The van der Waals surface area contributed by atoms with E-state index in [2.05, 4.69) is 37.9 Å². The van der Waals surface area contributed by atoms with Gasteiger partial charge in [-0.3, -0.25) is 4.79 Å². The summed E-state index contributed by atoms with van der Waals surface area (Å²) in [4.78, 5) is 13.6.